The lowest BCUT2D eigenvalue weighted by Gasteiger charge is -2.25. The Morgan fingerprint density at radius 1 is 1.05 bits per heavy atom. The van der Waals surface area contributed by atoms with E-state index in [9.17, 15) is 4.79 Å². The molecule has 2 N–H and O–H groups in total. The molecule has 0 radical (unpaired) electrons. The van der Waals surface area contributed by atoms with Gasteiger partial charge in [-0.15, -0.1) is 12.4 Å². The first-order valence-corrected chi connectivity index (χ1v) is 7.45. The molecule has 1 aliphatic rings. The monoisotopic (exact) mass is 316 g/mol. The van der Waals surface area contributed by atoms with E-state index >= 15 is 0 Å². The molecule has 1 aliphatic heterocycles. The zero-order chi connectivity index (χ0) is 14.5. The minimum Gasteiger partial charge on any atom is -0.354 e. The number of hydrogen-bond acceptors (Lipinski definition) is 2. The van der Waals surface area contributed by atoms with Crippen LogP contribution in [0.25, 0.3) is 0 Å². The topological polar surface area (TPSA) is 41.1 Å². The van der Waals surface area contributed by atoms with Crippen LogP contribution in [-0.4, -0.2) is 18.5 Å². The van der Waals surface area contributed by atoms with Gasteiger partial charge < -0.3 is 10.6 Å². The van der Waals surface area contributed by atoms with Crippen LogP contribution in [0.15, 0.2) is 54.6 Å². The van der Waals surface area contributed by atoms with Gasteiger partial charge in [-0.05, 0) is 29.5 Å². The normalized spacial score (nSPS) is 16.3. The third-order valence-electron chi connectivity index (χ3n) is 3.95. The molecule has 3 nitrogen and oxygen atoms in total. The summed E-state index contributed by atoms with van der Waals surface area (Å²) in [5.41, 5.74) is 3.82. The van der Waals surface area contributed by atoms with E-state index < -0.39 is 0 Å². The van der Waals surface area contributed by atoms with Gasteiger partial charge in [0.25, 0.3) is 0 Å². The van der Waals surface area contributed by atoms with E-state index in [-0.39, 0.29) is 24.4 Å². The highest BCUT2D eigenvalue weighted by Gasteiger charge is 2.23. The van der Waals surface area contributed by atoms with Gasteiger partial charge in [0.1, 0.15) is 0 Å². The minimum atomic E-state index is -0.115. The maximum atomic E-state index is 12.2. The van der Waals surface area contributed by atoms with Gasteiger partial charge in [0.05, 0.1) is 6.04 Å². The number of fused-ring (bicyclic) bond motifs is 1. The molecule has 1 heterocycles. The van der Waals surface area contributed by atoms with Crippen molar-refractivity contribution in [2.45, 2.75) is 25.4 Å². The fraction of sp³-hybridized carbons (Fsp3) is 0.278. The zero-order valence-electron chi connectivity index (χ0n) is 12.4. The molecule has 0 fully saturated rings. The highest BCUT2D eigenvalue weighted by Crippen LogP contribution is 2.16. The summed E-state index contributed by atoms with van der Waals surface area (Å²) in [5.74, 6) is 0.0976. The van der Waals surface area contributed by atoms with Crippen LogP contribution in [0.5, 0.6) is 0 Å². The smallest absolute Gasteiger partial charge is 0.237 e. The Labute approximate surface area is 137 Å². The van der Waals surface area contributed by atoms with Gasteiger partial charge in [-0.2, -0.15) is 0 Å². The molecule has 4 heteroatoms. The third kappa shape index (κ3) is 4.09. The Kier molecular flexibility index (Phi) is 5.99. The van der Waals surface area contributed by atoms with Crippen LogP contribution < -0.4 is 10.6 Å². The van der Waals surface area contributed by atoms with Crippen molar-refractivity contribution in [1.29, 1.82) is 0 Å². The molecule has 0 unspecified atom stereocenters. The molecular formula is C18H21ClN2O. The SMILES string of the molecule is Cl.O=C(NCCc1ccccc1)[C@@H]1Cc2ccccc2CN1. The van der Waals surface area contributed by atoms with Crippen molar-refractivity contribution >= 4 is 18.3 Å². The van der Waals surface area contributed by atoms with Crippen LogP contribution >= 0.6 is 12.4 Å². The molecular weight excluding hydrogens is 296 g/mol. The van der Waals surface area contributed by atoms with Crippen molar-refractivity contribution in [3.63, 3.8) is 0 Å². The maximum Gasteiger partial charge on any atom is 0.237 e. The van der Waals surface area contributed by atoms with Crippen LogP contribution in [0.4, 0.5) is 0 Å². The number of benzene rings is 2. The fourth-order valence-electron chi connectivity index (χ4n) is 2.74. The lowest BCUT2D eigenvalue weighted by Crippen LogP contribution is -2.48. The summed E-state index contributed by atoms with van der Waals surface area (Å²) in [6, 6.07) is 18.4. The van der Waals surface area contributed by atoms with Crippen molar-refractivity contribution in [2.75, 3.05) is 6.54 Å². The first-order chi connectivity index (χ1) is 10.3. The maximum absolute atomic E-state index is 12.2. The molecule has 116 valence electrons. The molecule has 3 rings (SSSR count). The van der Waals surface area contributed by atoms with Crippen molar-refractivity contribution in [1.82, 2.24) is 10.6 Å². The molecule has 1 atom stereocenters. The van der Waals surface area contributed by atoms with Crippen molar-refractivity contribution in [2.24, 2.45) is 0 Å². The predicted octanol–water partition coefficient (Wildman–Crippen LogP) is 2.48. The van der Waals surface area contributed by atoms with Crippen molar-refractivity contribution in [3.05, 3.63) is 71.3 Å². The highest BCUT2D eigenvalue weighted by atomic mass is 35.5. The molecule has 0 aliphatic carbocycles. The number of amides is 1. The Morgan fingerprint density at radius 2 is 1.73 bits per heavy atom. The number of rotatable bonds is 4. The Hall–Kier alpha value is -1.84. The first kappa shape index (κ1) is 16.5. The quantitative estimate of drug-likeness (QED) is 0.910. The van der Waals surface area contributed by atoms with Crippen LogP contribution in [0.3, 0.4) is 0 Å². The van der Waals surface area contributed by atoms with Gasteiger partial charge >= 0.3 is 0 Å². The fourth-order valence-corrected chi connectivity index (χ4v) is 2.74. The van der Waals surface area contributed by atoms with E-state index in [1.807, 2.05) is 30.3 Å². The van der Waals surface area contributed by atoms with Crippen molar-refractivity contribution < 1.29 is 4.79 Å². The van der Waals surface area contributed by atoms with Gasteiger partial charge in [0, 0.05) is 13.1 Å². The average molecular weight is 317 g/mol. The summed E-state index contributed by atoms with van der Waals surface area (Å²) in [5, 5.41) is 6.34. The number of halogens is 1. The summed E-state index contributed by atoms with van der Waals surface area (Å²) in [6.07, 6.45) is 1.64. The third-order valence-corrected chi connectivity index (χ3v) is 3.95. The number of carbonyl (C=O) groups excluding carboxylic acids is 1. The standard InChI is InChI=1S/C18H20N2O.ClH/c21-18(19-11-10-14-6-2-1-3-7-14)17-12-15-8-4-5-9-16(15)13-20-17;/h1-9,17,20H,10-13H2,(H,19,21);1H/t17-;/m0./s1. The van der Waals surface area contributed by atoms with Gasteiger partial charge in [-0.25, -0.2) is 0 Å². The van der Waals surface area contributed by atoms with Crippen LogP contribution in [-0.2, 0) is 24.2 Å². The highest BCUT2D eigenvalue weighted by molar-refractivity contribution is 5.85. The molecule has 0 saturated heterocycles. The molecule has 0 spiro atoms. The molecule has 0 saturated carbocycles. The largest absolute Gasteiger partial charge is 0.354 e. The predicted molar refractivity (Wildman–Crippen MR) is 91.2 cm³/mol. The Bertz CT molecular complexity index is 615. The molecule has 1 amide bonds. The number of nitrogens with one attached hydrogen (secondary N) is 2. The second kappa shape index (κ2) is 7.97. The lowest BCUT2D eigenvalue weighted by atomic mass is 9.95. The lowest BCUT2D eigenvalue weighted by molar-refractivity contribution is -0.123. The van der Waals surface area contributed by atoms with Crippen LogP contribution in [0.1, 0.15) is 16.7 Å². The summed E-state index contributed by atoms with van der Waals surface area (Å²) in [4.78, 5) is 12.2. The van der Waals surface area contributed by atoms with E-state index in [2.05, 4.69) is 34.9 Å². The molecule has 0 aromatic heterocycles. The van der Waals surface area contributed by atoms with Gasteiger partial charge in [-0.3, -0.25) is 4.79 Å². The molecule has 2 aromatic rings. The summed E-state index contributed by atoms with van der Waals surface area (Å²) < 4.78 is 0. The van der Waals surface area contributed by atoms with Crippen LogP contribution in [0.2, 0.25) is 0 Å². The van der Waals surface area contributed by atoms with E-state index in [4.69, 9.17) is 0 Å². The van der Waals surface area contributed by atoms with Gasteiger partial charge in [0.2, 0.25) is 5.91 Å². The first-order valence-electron chi connectivity index (χ1n) is 7.45. The zero-order valence-corrected chi connectivity index (χ0v) is 13.2. The minimum absolute atomic E-state index is 0. The number of hydrogen-bond donors (Lipinski definition) is 2. The van der Waals surface area contributed by atoms with E-state index in [0.29, 0.717) is 6.54 Å². The molecule has 2 aromatic carbocycles. The Morgan fingerprint density at radius 3 is 2.50 bits per heavy atom. The van der Waals surface area contributed by atoms with Gasteiger partial charge in [0.15, 0.2) is 0 Å². The van der Waals surface area contributed by atoms with E-state index in [1.54, 1.807) is 0 Å². The summed E-state index contributed by atoms with van der Waals surface area (Å²) in [7, 11) is 0. The average Bonchev–Trinajstić information content (AvgIpc) is 2.55. The Balaban J connectivity index is 0.00000176. The van der Waals surface area contributed by atoms with E-state index in [0.717, 1.165) is 19.4 Å². The van der Waals surface area contributed by atoms with Crippen molar-refractivity contribution in [3.8, 4) is 0 Å². The van der Waals surface area contributed by atoms with Crippen LogP contribution in [0, 0.1) is 0 Å². The number of carbonyl (C=O) groups is 1. The van der Waals surface area contributed by atoms with Gasteiger partial charge in [-0.1, -0.05) is 54.6 Å². The summed E-state index contributed by atoms with van der Waals surface area (Å²) in [6.45, 7) is 1.45. The summed E-state index contributed by atoms with van der Waals surface area (Å²) >= 11 is 0. The molecule has 0 bridgehead atoms. The molecule has 22 heavy (non-hydrogen) atoms. The second-order valence-corrected chi connectivity index (χ2v) is 5.43. The second-order valence-electron chi connectivity index (χ2n) is 5.43. The van der Waals surface area contributed by atoms with E-state index in [1.165, 1.54) is 16.7 Å².